The lowest BCUT2D eigenvalue weighted by Gasteiger charge is -2.17. The SMILES string of the molecule is CCCCN1C(=O)c2ccccc2/C1=C\C=O. The summed E-state index contributed by atoms with van der Waals surface area (Å²) in [6, 6.07) is 7.42. The first-order chi connectivity index (χ1) is 8.29. The highest BCUT2D eigenvalue weighted by molar-refractivity contribution is 6.10. The molecule has 1 aliphatic heterocycles. The van der Waals surface area contributed by atoms with Crippen molar-refractivity contribution in [1.82, 2.24) is 4.90 Å². The summed E-state index contributed by atoms with van der Waals surface area (Å²) in [6.45, 7) is 2.75. The number of benzene rings is 1. The van der Waals surface area contributed by atoms with Crippen molar-refractivity contribution in [1.29, 1.82) is 0 Å². The van der Waals surface area contributed by atoms with E-state index in [2.05, 4.69) is 6.92 Å². The van der Waals surface area contributed by atoms with E-state index in [1.165, 1.54) is 6.08 Å². The number of carbonyl (C=O) groups excluding carboxylic acids is 2. The summed E-state index contributed by atoms with van der Waals surface area (Å²) in [5, 5.41) is 0. The smallest absolute Gasteiger partial charge is 0.258 e. The number of aldehydes is 1. The lowest BCUT2D eigenvalue weighted by atomic mass is 10.1. The molecule has 1 amide bonds. The van der Waals surface area contributed by atoms with Crippen molar-refractivity contribution in [2.24, 2.45) is 0 Å². The van der Waals surface area contributed by atoms with Gasteiger partial charge in [-0.05, 0) is 12.5 Å². The van der Waals surface area contributed by atoms with Crippen LogP contribution in [0.3, 0.4) is 0 Å². The van der Waals surface area contributed by atoms with E-state index in [0.717, 1.165) is 30.4 Å². The summed E-state index contributed by atoms with van der Waals surface area (Å²) in [7, 11) is 0. The maximum Gasteiger partial charge on any atom is 0.258 e. The summed E-state index contributed by atoms with van der Waals surface area (Å²) in [5.74, 6) is 0.00199. The number of hydrogen-bond acceptors (Lipinski definition) is 2. The molecule has 0 bridgehead atoms. The van der Waals surface area contributed by atoms with E-state index in [-0.39, 0.29) is 5.91 Å². The lowest BCUT2D eigenvalue weighted by molar-refractivity contribution is -0.104. The number of rotatable bonds is 4. The fourth-order valence-electron chi connectivity index (χ4n) is 2.08. The Labute approximate surface area is 101 Å². The Morgan fingerprint density at radius 1 is 1.24 bits per heavy atom. The molecule has 17 heavy (non-hydrogen) atoms. The predicted molar refractivity (Wildman–Crippen MR) is 66.4 cm³/mol. The molecule has 1 aromatic carbocycles. The van der Waals surface area contributed by atoms with Crippen LogP contribution in [0.4, 0.5) is 0 Å². The van der Waals surface area contributed by atoms with Crippen LogP contribution >= 0.6 is 0 Å². The quantitative estimate of drug-likeness (QED) is 0.587. The van der Waals surface area contributed by atoms with Gasteiger partial charge in [0.25, 0.3) is 5.91 Å². The van der Waals surface area contributed by atoms with Gasteiger partial charge < -0.3 is 4.90 Å². The van der Waals surface area contributed by atoms with Gasteiger partial charge in [0.1, 0.15) is 6.29 Å². The fourth-order valence-corrected chi connectivity index (χ4v) is 2.08. The molecule has 0 saturated heterocycles. The van der Waals surface area contributed by atoms with Crippen LogP contribution in [-0.4, -0.2) is 23.6 Å². The van der Waals surface area contributed by atoms with E-state index in [1.807, 2.05) is 24.3 Å². The van der Waals surface area contributed by atoms with Crippen molar-refractivity contribution < 1.29 is 9.59 Å². The highest BCUT2D eigenvalue weighted by atomic mass is 16.2. The van der Waals surface area contributed by atoms with Crippen molar-refractivity contribution in [3.8, 4) is 0 Å². The molecule has 0 radical (unpaired) electrons. The first-order valence-electron chi connectivity index (χ1n) is 5.86. The third-order valence-corrected chi connectivity index (χ3v) is 2.93. The minimum absolute atomic E-state index is 0.00199. The molecule has 0 atom stereocenters. The molecule has 3 nitrogen and oxygen atoms in total. The second kappa shape index (κ2) is 4.95. The monoisotopic (exact) mass is 229 g/mol. The van der Waals surface area contributed by atoms with Crippen molar-refractivity contribution >= 4 is 17.9 Å². The fraction of sp³-hybridized carbons (Fsp3) is 0.286. The van der Waals surface area contributed by atoms with E-state index in [9.17, 15) is 9.59 Å². The Morgan fingerprint density at radius 2 is 1.94 bits per heavy atom. The van der Waals surface area contributed by atoms with Crippen molar-refractivity contribution in [3.63, 3.8) is 0 Å². The van der Waals surface area contributed by atoms with E-state index in [1.54, 1.807) is 4.90 Å². The predicted octanol–water partition coefficient (Wildman–Crippen LogP) is 2.48. The van der Waals surface area contributed by atoms with Gasteiger partial charge in [0.05, 0.1) is 5.70 Å². The first-order valence-corrected chi connectivity index (χ1v) is 5.86. The van der Waals surface area contributed by atoms with E-state index < -0.39 is 0 Å². The number of allylic oxidation sites excluding steroid dienone is 1. The number of fused-ring (bicyclic) bond motifs is 1. The van der Waals surface area contributed by atoms with Gasteiger partial charge in [0.15, 0.2) is 0 Å². The van der Waals surface area contributed by atoms with Gasteiger partial charge in [-0.2, -0.15) is 0 Å². The van der Waals surface area contributed by atoms with E-state index >= 15 is 0 Å². The van der Waals surface area contributed by atoms with Crippen molar-refractivity contribution in [2.75, 3.05) is 6.54 Å². The Bertz CT molecular complexity index is 477. The zero-order valence-electron chi connectivity index (χ0n) is 9.85. The zero-order chi connectivity index (χ0) is 12.3. The molecule has 0 N–H and O–H groups in total. The maximum atomic E-state index is 12.2. The molecular weight excluding hydrogens is 214 g/mol. The van der Waals surface area contributed by atoms with Gasteiger partial charge in [-0.3, -0.25) is 9.59 Å². The number of hydrogen-bond donors (Lipinski definition) is 0. The van der Waals surface area contributed by atoms with Crippen LogP contribution < -0.4 is 0 Å². The summed E-state index contributed by atoms with van der Waals surface area (Å²) in [6.07, 6.45) is 4.17. The molecule has 1 aliphatic rings. The Balaban J connectivity index is 2.41. The summed E-state index contributed by atoms with van der Waals surface area (Å²) >= 11 is 0. The molecule has 0 spiro atoms. The van der Waals surface area contributed by atoms with Gasteiger partial charge in [-0.25, -0.2) is 0 Å². The summed E-state index contributed by atoms with van der Waals surface area (Å²) < 4.78 is 0. The number of amides is 1. The molecule has 0 fully saturated rings. The van der Waals surface area contributed by atoms with Crippen molar-refractivity contribution in [3.05, 3.63) is 41.5 Å². The maximum absolute atomic E-state index is 12.2. The minimum atomic E-state index is 0.00199. The van der Waals surface area contributed by atoms with Crippen LogP contribution in [-0.2, 0) is 4.79 Å². The van der Waals surface area contributed by atoms with Crippen LogP contribution in [0.1, 0.15) is 35.7 Å². The highest BCUT2D eigenvalue weighted by Crippen LogP contribution is 2.32. The molecule has 1 aromatic rings. The molecule has 3 heteroatoms. The molecule has 0 aromatic heterocycles. The molecule has 0 saturated carbocycles. The molecule has 0 unspecified atom stereocenters. The number of nitrogens with zero attached hydrogens (tertiary/aromatic N) is 1. The van der Waals surface area contributed by atoms with Crippen molar-refractivity contribution in [2.45, 2.75) is 19.8 Å². The third kappa shape index (κ3) is 2.00. The Hall–Kier alpha value is -1.90. The Kier molecular flexibility index (Phi) is 3.38. The molecule has 2 rings (SSSR count). The van der Waals surface area contributed by atoms with Gasteiger partial charge in [0.2, 0.25) is 0 Å². The topological polar surface area (TPSA) is 37.4 Å². The van der Waals surface area contributed by atoms with Crippen LogP contribution in [0, 0.1) is 0 Å². The highest BCUT2D eigenvalue weighted by Gasteiger charge is 2.30. The summed E-state index contributed by atoms with van der Waals surface area (Å²) in [4.78, 5) is 24.5. The normalized spacial score (nSPS) is 16.4. The summed E-state index contributed by atoms with van der Waals surface area (Å²) in [5.41, 5.74) is 2.28. The van der Waals surface area contributed by atoms with E-state index in [0.29, 0.717) is 12.1 Å². The largest absolute Gasteiger partial charge is 0.308 e. The van der Waals surface area contributed by atoms with E-state index in [4.69, 9.17) is 0 Å². The van der Waals surface area contributed by atoms with Gasteiger partial charge in [-0.15, -0.1) is 0 Å². The van der Waals surface area contributed by atoms with Gasteiger partial charge >= 0.3 is 0 Å². The lowest BCUT2D eigenvalue weighted by Crippen LogP contribution is -2.24. The zero-order valence-corrected chi connectivity index (χ0v) is 9.85. The number of unbranched alkanes of at least 4 members (excludes halogenated alkanes) is 1. The average molecular weight is 229 g/mol. The second-order valence-corrected chi connectivity index (χ2v) is 4.04. The molecule has 1 heterocycles. The Morgan fingerprint density at radius 3 is 2.59 bits per heavy atom. The standard InChI is InChI=1S/C14H15NO2/c1-2-3-9-15-13(8-10-16)11-6-4-5-7-12(11)14(15)17/h4-8,10H,2-3,9H2,1H3/b13-8+. The van der Waals surface area contributed by atoms with Crippen LogP contribution in [0.5, 0.6) is 0 Å². The molecule has 0 aliphatic carbocycles. The molecular formula is C14H15NO2. The molecule has 88 valence electrons. The number of carbonyl (C=O) groups is 2. The first kappa shape index (κ1) is 11.6. The van der Waals surface area contributed by atoms with Crippen LogP contribution in [0.2, 0.25) is 0 Å². The minimum Gasteiger partial charge on any atom is -0.308 e. The second-order valence-electron chi connectivity index (χ2n) is 4.04. The average Bonchev–Trinajstić information content (AvgIpc) is 2.62. The van der Waals surface area contributed by atoms with Crippen LogP contribution in [0.25, 0.3) is 5.70 Å². The van der Waals surface area contributed by atoms with Gasteiger partial charge in [0, 0.05) is 23.7 Å². The third-order valence-electron chi connectivity index (χ3n) is 2.93. The van der Waals surface area contributed by atoms with Crippen LogP contribution in [0.15, 0.2) is 30.3 Å². The van der Waals surface area contributed by atoms with Gasteiger partial charge in [-0.1, -0.05) is 31.5 Å².